The van der Waals surface area contributed by atoms with Crippen LogP contribution in [0.2, 0.25) is 0 Å². The first-order chi connectivity index (χ1) is 10.8. The second kappa shape index (κ2) is 7.37. The highest BCUT2D eigenvalue weighted by atomic mass is 32.2. The molecule has 0 radical (unpaired) electrons. The number of nitrogens with zero attached hydrogens (tertiary/aromatic N) is 1. The van der Waals surface area contributed by atoms with Crippen LogP contribution in [-0.2, 0) is 25.3 Å². The van der Waals surface area contributed by atoms with E-state index in [4.69, 9.17) is 9.84 Å². The zero-order valence-corrected chi connectivity index (χ0v) is 13.7. The SMILES string of the molecule is Cc1ccc(CS(=O)(=O)N2CCC(OCC(=O)O)CC2)c(F)c1. The van der Waals surface area contributed by atoms with Crippen molar-refractivity contribution in [3.8, 4) is 0 Å². The lowest BCUT2D eigenvalue weighted by molar-refractivity contribution is -0.145. The van der Waals surface area contributed by atoms with Crippen LogP contribution >= 0.6 is 0 Å². The molecule has 23 heavy (non-hydrogen) atoms. The normalized spacial score (nSPS) is 17.3. The summed E-state index contributed by atoms with van der Waals surface area (Å²) in [4.78, 5) is 10.5. The topological polar surface area (TPSA) is 83.9 Å². The molecule has 0 amide bonds. The van der Waals surface area contributed by atoms with Gasteiger partial charge in [-0.05, 0) is 31.4 Å². The number of aliphatic carboxylic acids is 1. The minimum Gasteiger partial charge on any atom is -0.480 e. The minimum atomic E-state index is -3.60. The van der Waals surface area contributed by atoms with Crippen molar-refractivity contribution in [3.05, 3.63) is 35.1 Å². The molecule has 1 aliphatic heterocycles. The number of carboxylic acids is 1. The third-order valence-electron chi connectivity index (χ3n) is 3.78. The summed E-state index contributed by atoms with van der Waals surface area (Å²) in [5.41, 5.74) is 0.889. The summed E-state index contributed by atoms with van der Waals surface area (Å²) in [6, 6.07) is 4.49. The lowest BCUT2D eigenvalue weighted by atomic mass is 10.1. The van der Waals surface area contributed by atoms with Crippen molar-refractivity contribution in [1.29, 1.82) is 0 Å². The molecular weight excluding hydrogens is 325 g/mol. The summed E-state index contributed by atoms with van der Waals surface area (Å²) < 4.78 is 45.1. The maximum absolute atomic E-state index is 13.8. The van der Waals surface area contributed by atoms with E-state index in [-0.39, 0.29) is 37.1 Å². The van der Waals surface area contributed by atoms with Crippen molar-refractivity contribution in [2.75, 3.05) is 19.7 Å². The van der Waals surface area contributed by atoms with Crippen LogP contribution in [-0.4, -0.2) is 49.6 Å². The van der Waals surface area contributed by atoms with Gasteiger partial charge in [-0.15, -0.1) is 0 Å². The maximum atomic E-state index is 13.8. The third-order valence-corrected chi connectivity index (χ3v) is 5.61. The highest BCUT2D eigenvalue weighted by Crippen LogP contribution is 2.21. The summed E-state index contributed by atoms with van der Waals surface area (Å²) >= 11 is 0. The van der Waals surface area contributed by atoms with Gasteiger partial charge in [-0.3, -0.25) is 0 Å². The highest BCUT2D eigenvalue weighted by molar-refractivity contribution is 7.88. The Hall–Kier alpha value is -1.51. The van der Waals surface area contributed by atoms with E-state index in [1.807, 2.05) is 0 Å². The molecule has 1 aromatic carbocycles. The van der Waals surface area contributed by atoms with Gasteiger partial charge in [-0.1, -0.05) is 12.1 Å². The average Bonchev–Trinajstić information content (AvgIpc) is 2.48. The number of carbonyl (C=O) groups is 1. The number of rotatable bonds is 6. The van der Waals surface area contributed by atoms with Gasteiger partial charge >= 0.3 is 5.97 Å². The monoisotopic (exact) mass is 345 g/mol. The van der Waals surface area contributed by atoms with E-state index >= 15 is 0 Å². The molecule has 8 heteroatoms. The Labute approximate surface area is 134 Å². The minimum absolute atomic E-state index is 0.153. The number of hydrogen-bond donors (Lipinski definition) is 1. The first-order valence-electron chi connectivity index (χ1n) is 7.34. The summed E-state index contributed by atoms with van der Waals surface area (Å²) in [5, 5.41) is 8.57. The first kappa shape index (κ1) is 17.8. The number of piperidine rings is 1. The van der Waals surface area contributed by atoms with Crippen molar-refractivity contribution in [1.82, 2.24) is 4.31 Å². The van der Waals surface area contributed by atoms with Crippen LogP contribution in [0.1, 0.15) is 24.0 Å². The molecule has 128 valence electrons. The number of ether oxygens (including phenoxy) is 1. The molecule has 0 atom stereocenters. The molecule has 1 N–H and O–H groups in total. The van der Waals surface area contributed by atoms with E-state index < -0.39 is 21.8 Å². The molecule has 2 rings (SSSR count). The van der Waals surface area contributed by atoms with Crippen molar-refractivity contribution >= 4 is 16.0 Å². The van der Waals surface area contributed by atoms with Crippen LogP contribution in [0, 0.1) is 12.7 Å². The van der Waals surface area contributed by atoms with Gasteiger partial charge in [0, 0.05) is 18.7 Å². The van der Waals surface area contributed by atoms with Crippen molar-refractivity contribution < 1.29 is 27.4 Å². The van der Waals surface area contributed by atoms with Gasteiger partial charge in [0.1, 0.15) is 12.4 Å². The Morgan fingerprint density at radius 1 is 1.39 bits per heavy atom. The number of hydrogen-bond acceptors (Lipinski definition) is 4. The van der Waals surface area contributed by atoms with Gasteiger partial charge in [0.15, 0.2) is 0 Å². The Morgan fingerprint density at radius 2 is 2.04 bits per heavy atom. The number of carboxylic acid groups (broad SMARTS) is 1. The smallest absolute Gasteiger partial charge is 0.329 e. The largest absolute Gasteiger partial charge is 0.480 e. The number of benzene rings is 1. The fraction of sp³-hybridized carbons (Fsp3) is 0.533. The molecule has 0 saturated carbocycles. The Balaban J connectivity index is 1.95. The predicted molar refractivity (Wildman–Crippen MR) is 81.9 cm³/mol. The van der Waals surface area contributed by atoms with Gasteiger partial charge < -0.3 is 9.84 Å². The molecule has 1 fully saturated rings. The molecule has 0 bridgehead atoms. The van der Waals surface area contributed by atoms with Crippen LogP contribution in [0.5, 0.6) is 0 Å². The van der Waals surface area contributed by atoms with Gasteiger partial charge in [0.25, 0.3) is 0 Å². The van der Waals surface area contributed by atoms with Crippen molar-refractivity contribution in [3.63, 3.8) is 0 Å². The lowest BCUT2D eigenvalue weighted by Crippen LogP contribution is -2.41. The van der Waals surface area contributed by atoms with Crippen LogP contribution in [0.4, 0.5) is 4.39 Å². The van der Waals surface area contributed by atoms with E-state index in [2.05, 4.69) is 0 Å². The van der Waals surface area contributed by atoms with E-state index in [1.54, 1.807) is 13.0 Å². The molecule has 0 aliphatic carbocycles. The third kappa shape index (κ3) is 4.98. The molecule has 1 aromatic rings. The fourth-order valence-corrected chi connectivity index (χ4v) is 4.10. The lowest BCUT2D eigenvalue weighted by Gasteiger charge is -2.30. The van der Waals surface area contributed by atoms with Gasteiger partial charge in [-0.25, -0.2) is 21.9 Å². The molecule has 0 unspecified atom stereocenters. The molecule has 1 heterocycles. The number of aryl methyl sites for hydroxylation is 1. The second-order valence-corrected chi connectivity index (χ2v) is 7.62. The Bertz CT molecular complexity index is 668. The average molecular weight is 345 g/mol. The Kier molecular flexibility index (Phi) is 5.72. The molecule has 0 aromatic heterocycles. The van der Waals surface area contributed by atoms with Crippen LogP contribution in [0.3, 0.4) is 0 Å². The quantitative estimate of drug-likeness (QED) is 0.845. The molecule has 1 saturated heterocycles. The van der Waals surface area contributed by atoms with Gasteiger partial charge in [-0.2, -0.15) is 0 Å². The summed E-state index contributed by atoms with van der Waals surface area (Å²) in [7, 11) is -3.60. The van der Waals surface area contributed by atoms with Crippen molar-refractivity contribution in [2.45, 2.75) is 31.6 Å². The van der Waals surface area contributed by atoms with Gasteiger partial charge in [0.05, 0.1) is 11.9 Å². The standard InChI is InChI=1S/C15H20FNO5S/c1-11-2-3-12(14(16)8-11)10-23(20,21)17-6-4-13(5-7-17)22-9-15(18)19/h2-3,8,13H,4-7,9-10H2,1H3,(H,18,19). The predicted octanol–water partition coefficient (Wildman–Crippen LogP) is 1.53. The zero-order valence-electron chi connectivity index (χ0n) is 12.9. The molecule has 6 nitrogen and oxygen atoms in total. The zero-order chi connectivity index (χ0) is 17.0. The molecular formula is C15H20FNO5S. The van der Waals surface area contributed by atoms with E-state index in [1.165, 1.54) is 16.4 Å². The maximum Gasteiger partial charge on any atom is 0.329 e. The number of sulfonamides is 1. The summed E-state index contributed by atoms with van der Waals surface area (Å²) in [6.45, 7) is 1.86. The molecule has 1 aliphatic rings. The summed E-state index contributed by atoms with van der Waals surface area (Å²) in [5.74, 6) is -1.94. The Morgan fingerprint density at radius 3 is 2.61 bits per heavy atom. The highest BCUT2D eigenvalue weighted by Gasteiger charge is 2.29. The van der Waals surface area contributed by atoms with E-state index in [0.717, 1.165) is 5.56 Å². The van der Waals surface area contributed by atoms with E-state index in [0.29, 0.717) is 12.8 Å². The first-order valence-corrected chi connectivity index (χ1v) is 8.95. The second-order valence-electron chi connectivity index (χ2n) is 5.65. The van der Waals surface area contributed by atoms with Crippen molar-refractivity contribution in [2.24, 2.45) is 0 Å². The molecule has 0 spiro atoms. The van der Waals surface area contributed by atoms with Crippen LogP contribution in [0.15, 0.2) is 18.2 Å². The van der Waals surface area contributed by atoms with E-state index in [9.17, 15) is 17.6 Å². The summed E-state index contributed by atoms with van der Waals surface area (Å²) in [6.07, 6.45) is 0.611. The fourth-order valence-electron chi connectivity index (χ4n) is 2.52. The van der Waals surface area contributed by atoms with Crippen LogP contribution < -0.4 is 0 Å². The number of halogens is 1. The van der Waals surface area contributed by atoms with Gasteiger partial charge in [0.2, 0.25) is 10.0 Å². The van der Waals surface area contributed by atoms with Crippen LogP contribution in [0.25, 0.3) is 0 Å².